The van der Waals surface area contributed by atoms with Crippen LogP contribution in [0.25, 0.3) is 0 Å². The van der Waals surface area contributed by atoms with Crippen molar-refractivity contribution in [3.05, 3.63) is 17.7 Å². The maximum absolute atomic E-state index is 13.9. The Labute approximate surface area is 111 Å². The summed E-state index contributed by atoms with van der Waals surface area (Å²) in [6, 6.07) is 0.880. The van der Waals surface area contributed by atoms with Crippen molar-refractivity contribution in [3.63, 3.8) is 0 Å². The lowest BCUT2D eigenvalue weighted by atomic mass is 10.2. The van der Waals surface area contributed by atoms with Gasteiger partial charge in [0.15, 0.2) is 23.3 Å². The van der Waals surface area contributed by atoms with Gasteiger partial charge in [0.25, 0.3) is 0 Å². The molecule has 1 aromatic heterocycles. The molecule has 1 aliphatic heterocycles. The molecule has 0 aromatic carbocycles. The largest absolute Gasteiger partial charge is 0.372 e. The lowest BCUT2D eigenvalue weighted by molar-refractivity contribution is -0.00564. The highest BCUT2D eigenvalue weighted by atomic mass is 19.1. The van der Waals surface area contributed by atoms with Crippen LogP contribution in [0.1, 0.15) is 20.8 Å². The first-order chi connectivity index (χ1) is 9.01. The third-order valence-electron chi connectivity index (χ3n) is 2.97. The highest BCUT2D eigenvalue weighted by Gasteiger charge is 2.26. The molecule has 0 saturated carbocycles. The second-order valence-electron chi connectivity index (χ2n) is 4.82. The molecule has 2 heterocycles. The van der Waals surface area contributed by atoms with Crippen molar-refractivity contribution in [2.45, 2.75) is 33.0 Å². The van der Waals surface area contributed by atoms with Crippen molar-refractivity contribution in [3.8, 4) is 0 Å². The summed E-state index contributed by atoms with van der Waals surface area (Å²) >= 11 is 0. The van der Waals surface area contributed by atoms with Crippen LogP contribution in [0.4, 0.5) is 20.4 Å². The number of nitrogens with one attached hydrogen (secondary N) is 1. The van der Waals surface area contributed by atoms with E-state index < -0.39 is 11.6 Å². The first kappa shape index (κ1) is 14.0. The number of anilines is 2. The molecular weight excluding hydrogens is 252 g/mol. The standard InChI is InChI=1S/C13H19F2N3O/c1-4-16-12-10(14)5-11(15)13(17-12)18-6-8(2)19-9(3)7-18/h5,8-9H,4,6-7H2,1-3H3,(H,16,17). The Balaban J connectivity index is 2.30. The lowest BCUT2D eigenvalue weighted by Gasteiger charge is -2.36. The molecule has 2 atom stereocenters. The highest BCUT2D eigenvalue weighted by Crippen LogP contribution is 2.25. The minimum Gasteiger partial charge on any atom is -0.372 e. The zero-order chi connectivity index (χ0) is 14.0. The van der Waals surface area contributed by atoms with Crippen LogP contribution in [0.3, 0.4) is 0 Å². The zero-order valence-corrected chi connectivity index (χ0v) is 11.4. The summed E-state index contributed by atoms with van der Waals surface area (Å²) in [5.74, 6) is -1.04. The smallest absolute Gasteiger partial charge is 0.168 e. The summed E-state index contributed by atoms with van der Waals surface area (Å²) < 4.78 is 33.0. The quantitative estimate of drug-likeness (QED) is 0.916. The molecule has 0 bridgehead atoms. The average molecular weight is 271 g/mol. The summed E-state index contributed by atoms with van der Waals surface area (Å²) in [7, 11) is 0. The molecule has 0 spiro atoms. The molecule has 2 unspecified atom stereocenters. The normalized spacial score (nSPS) is 23.5. The molecule has 106 valence electrons. The van der Waals surface area contributed by atoms with Gasteiger partial charge < -0.3 is 15.0 Å². The Kier molecular flexibility index (Phi) is 4.19. The number of hydrogen-bond donors (Lipinski definition) is 1. The Morgan fingerprint density at radius 3 is 2.53 bits per heavy atom. The summed E-state index contributed by atoms with van der Waals surface area (Å²) in [6.07, 6.45) is -0.00447. The molecule has 1 fully saturated rings. The van der Waals surface area contributed by atoms with Gasteiger partial charge >= 0.3 is 0 Å². The van der Waals surface area contributed by atoms with Crippen molar-refractivity contribution >= 4 is 11.6 Å². The van der Waals surface area contributed by atoms with E-state index in [0.717, 1.165) is 6.07 Å². The molecule has 1 aliphatic rings. The molecule has 1 N–H and O–H groups in total. The van der Waals surface area contributed by atoms with Gasteiger partial charge in [0, 0.05) is 25.7 Å². The fraction of sp³-hybridized carbons (Fsp3) is 0.615. The number of nitrogens with zero attached hydrogens (tertiary/aromatic N) is 2. The van der Waals surface area contributed by atoms with Crippen LogP contribution in [-0.2, 0) is 4.74 Å². The van der Waals surface area contributed by atoms with Crippen molar-refractivity contribution in [2.24, 2.45) is 0 Å². The van der Waals surface area contributed by atoms with E-state index in [2.05, 4.69) is 10.3 Å². The highest BCUT2D eigenvalue weighted by molar-refractivity contribution is 5.49. The van der Waals surface area contributed by atoms with E-state index in [9.17, 15) is 8.78 Å². The number of morpholine rings is 1. The van der Waals surface area contributed by atoms with Crippen LogP contribution in [0.2, 0.25) is 0 Å². The van der Waals surface area contributed by atoms with Crippen molar-refractivity contribution in [1.82, 2.24) is 4.98 Å². The summed E-state index contributed by atoms with van der Waals surface area (Å²) in [6.45, 7) is 7.31. The number of rotatable bonds is 3. The third-order valence-corrected chi connectivity index (χ3v) is 2.97. The number of pyridine rings is 1. The van der Waals surface area contributed by atoms with E-state index in [1.54, 1.807) is 4.90 Å². The number of ether oxygens (including phenoxy) is 1. The second-order valence-corrected chi connectivity index (χ2v) is 4.82. The van der Waals surface area contributed by atoms with Gasteiger partial charge in [-0.1, -0.05) is 0 Å². The van der Waals surface area contributed by atoms with E-state index in [4.69, 9.17) is 4.74 Å². The topological polar surface area (TPSA) is 37.4 Å². The van der Waals surface area contributed by atoms with Gasteiger partial charge in [0.1, 0.15) is 0 Å². The van der Waals surface area contributed by atoms with E-state index >= 15 is 0 Å². The second kappa shape index (κ2) is 5.69. The Morgan fingerprint density at radius 1 is 1.32 bits per heavy atom. The lowest BCUT2D eigenvalue weighted by Crippen LogP contribution is -2.46. The average Bonchev–Trinajstić information content (AvgIpc) is 2.31. The molecule has 1 saturated heterocycles. The van der Waals surface area contributed by atoms with Gasteiger partial charge in [-0.15, -0.1) is 0 Å². The summed E-state index contributed by atoms with van der Waals surface area (Å²) in [5, 5.41) is 2.79. The Morgan fingerprint density at radius 2 is 1.95 bits per heavy atom. The molecule has 2 rings (SSSR count). The fourth-order valence-corrected chi connectivity index (χ4v) is 2.32. The zero-order valence-electron chi connectivity index (χ0n) is 11.4. The molecule has 1 aromatic rings. The SMILES string of the molecule is CCNc1nc(N2CC(C)OC(C)C2)c(F)cc1F. The van der Waals surface area contributed by atoms with E-state index in [0.29, 0.717) is 19.6 Å². The molecule has 0 aliphatic carbocycles. The van der Waals surface area contributed by atoms with Gasteiger partial charge in [-0.2, -0.15) is 0 Å². The maximum Gasteiger partial charge on any atom is 0.168 e. The van der Waals surface area contributed by atoms with E-state index in [-0.39, 0.29) is 23.8 Å². The van der Waals surface area contributed by atoms with Crippen LogP contribution < -0.4 is 10.2 Å². The minimum atomic E-state index is -0.669. The summed E-state index contributed by atoms with van der Waals surface area (Å²) in [4.78, 5) is 5.86. The predicted molar refractivity (Wildman–Crippen MR) is 70.5 cm³/mol. The van der Waals surface area contributed by atoms with E-state index in [1.165, 1.54) is 0 Å². The van der Waals surface area contributed by atoms with Crippen molar-refractivity contribution in [2.75, 3.05) is 29.9 Å². The Hall–Kier alpha value is -1.43. The summed E-state index contributed by atoms with van der Waals surface area (Å²) in [5.41, 5.74) is 0. The van der Waals surface area contributed by atoms with Crippen LogP contribution in [0, 0.1) is 11.6 Å². The van der Waals surface area contributed by atoms with Crippen LogP contribution in [0.5, 0.6) is 0 Å². The molecule has 0 amide bonds. The van der Waals surface area contributed by atoms with Gasteiger partial charge in [-0.25, -0.2) is 13.8 Å². The van der Waals surface area contributed by atoms with Crippen molar-refractivity contribution in [1.29, 1.82) is 0 Å². The molecule has 19 heavy (non-hydrogen) atoms. The molecule has 0 radical (unpaired) electrons. The van der Waals surface area contributed by atoms with Crippen LogP contribution in [0.15, 0.2) is 6.07 Å². The maximum atomic E-state index is 13.9. The van der Waals surface area contributed by atoms with E-state index in [1.807, 2.05) is 20.8 Å². The molecule has 6 heteroatoms. The van der Waals surface area contributed by atoms with Crippen molar-refractivity contribution < 1.29 is 13.5 Å². The van der Waals surface area contributed by atoms with Gasteiger partial charge in [0.2, 0.25) is 0 Å². The van der Waals surface area contributed by atoms with Gasteiger partial charge in [0.05, 0.1) is 12.2 Å². The molecule has 4 nitrogen and oxygen atoms in total. The van der Waals surface area contributed by atoms with Crippen LogP contribution >= 0.6 is 0 Å². The first-order valence-corrected chi connectivity index (χ1v) is 6.51. The Bertz CT molecular complexity index is 446. The fourth-order valence-electron chi connectivity index (χ4n) is 2.32. The van der Waals surface area contributed by atoms with Gasteiger partial charge in [-0.3, -0.25) is 0 Å². The number of halogens is 2. The molecular formula is C13H19F2N3O. The first-order valence-electron chi connectivity index (χ1n) is 6.51. The van der Waals surface area contributed by atoms with Crippen LogP contribution in [-0.4, -0.2) is 36.8 Å². The minimum absolute atomic E-state index is 0.00223. The number of aromatic nitrogens is 1. The monoisotopic (exact) mass is 271 g/mol. The van der Waals surface area contributed by atoms with Gasteiger partial charge in [-0.05, 0) is 20.8 Å². The predicted octanol–water partition coefficient (Wildman–Crippen LogP) is 2.41. The third kappa shape index (κ3) is 3.12. The number of hydrogen-bond acceptors (Lipinski definition) is 4.